The number of hydrogen-bond acceptors (Lipinski definition) is 4. The first-order valence-electron chi connectivity index (χ1n) is 10.1. The zero-order valence-electron chi connectivity index (χ0n) is 17.0. The molecule has 6 heteroatoms. The van der Waals surface area contributed by atoms with Crippen LogP contribution in [0.4, 0.5) is 5.69 Å². The molecule has 150 valence electrons. The minimum atomic E-state index is -0.892. The number of carbonyl (C=O) groups is 1. The van der Waals surface area contributed by atoms with Gasteiger partial charge in [-0.15, -0.1) is 4.31 Å². The molecule has 1 aromatic rings. The lowest BCUT2D eigenvalue weighted by atomic mass is 9.85. The van der Waals surface area contributed by atoms with Crippen molar-refractivity contribution in [1.29, 1.82) is 0 Å². The third-order valence-corrected chi connectivity index (χ3v) is 6.92. The molecule has 0 N–H and O–H groups in total. The van der Waals surface area contributed by atoms with Crippen molar-refractivity contribution in [2.75, 3.05) is 30.9 Å². The lowest BCUT2D eigenvalue weighted by molar-refractivity contribution is -0.117. The molecule has 1 aromatic carbocycles. The van der Waals surface area contributed by atoms with Gasteiger partial charge < -0.3 is 14.2 Å². The average Bonchev–Trinajstić information content (AvgIpc) is 2.65. The minimum absolute atomic E-state index is 0.0939. The molecule has 2 aliphatic heterocycles. The van der Waals surface area contributed by atoms with Gasteiger partial charge in [0, 0.05) is 43.0 Å². The highest BCUT2D eigenvalue weighted by Crippen LogP contribution is 2.44. The third-order valence-electron chi connectivity index (χ3n) is 5.83. The van der Waals surface area contributed by atoms with Crippen molar-refractivity contribution in [3.63, 3.8) is 0 Å². The molecule has 2 aliphatic rings. The molecule has 27 heavy (non-hydrogen) atoms. The van der Waals surface area contributed by atoms with Crippen LogP contribution in [0.15, 0.2) is 12.1 Å². The number of fused-ring (bicyclic) bond motifs is 1. The van der Waals surface area contributed by atoms with Gasteiger partial charge in [0.25, 0.3) is 0 Å². The van der Waals surface area contributed by atoms with Crippen molar-refractivity contribution in [2.45, 2.75) is 64.8 Å². The monoisotopic (exact) mass is 392 g/mol. The van der Waals surface area contributed by atoms with Gasteiger partial charge in [0.1, 0.15) is 12.0 Å². The summed E-state index contributed by atoms with van der Waals surface area (Å²) in [6, 6.07) is 4.51. The highest BCUT2D eigenvalue weighted by atomic mass is 32.2. The van der Waals surface area contributed by atoms with Gasteiger partial charge in [0.2, 0.25) is 5.91 Å². The number of piperidine rings is 1. The fourth-order valence-corrected chi connectivity index (χ4v) is 5.15. The predicted molar refractivity (Wildman–Crippen MR) is 111 cm³/mol. The van der Waals surface area contributed by atoms with Crippen LogP contribution in [0, 0.1) is 0 Å². The van der Waals surface area contributed by atoms with Gasteiger partial charge in [-0.05, 0) is 56.6 Å². The molecule has 0 bridgehead atoms. The normalized spacial score (nSPS) is 22.4. The molecule has 3 rings (SSSR count). The van der Waals surface area contributed by atoms with E-state index in [1.807, 2.05) is 9.21 Å². The Labute approximate surface area is 166 Å². The summed E-state index contributed by atoms with van der Waals surface area (Å²) in [7, 11) is 0. The lowest BCUT2D eigenvalue weighted by Gasteiger charge is -2.37. The van der Waals surface area contributed by atoms with Crippen molar-refractivity contribution in [1.82, 2.24) is 4.31 Å². The number of hydrogen-bond donors (Lipinski definition) is 0. The maximum atomic E-state index is 12.2. The van der Waals surface area contributed by atoms with E-state index in [0.29, 0.717) is 12.5 Å². The van der Waals surface area contributed by atoms with Crippen molar-refractivity contribution < 1.29 is 14.1 Å². The third kappa shape index (κ3) is 4.28. The number of carbonyl (C=O) groups excluding carboxylic acids is 1. The lowest BCUT2D eigenvalue weighted by Crippen LogP contribution is -2.41. The summed E-state index contributed by atoms with van der Waals surface area (Å²) in [5.41, 5.74) is 3.47. The number of nitrogens with zero attached hydrogens (tertiary/aromatic N) is 2. The molecule has 1 amide bonds. The second kappa shape index (κ2) is 8.84. The minimum Gasteiger partial charge on any atom is -0.598 e. The van der Waals surface area contributed by atoms with E-state index >= 15 is 0 Å². The topological polar surface area (TPSA) is 55.8 Å². The number of amides is 1. The zero-order chi connectivity index (χ0) is 19.6. The molecule has 2 atom stereocenters. The molecule has 0 aromatic heterocycles. The Morgan fingerprint density at radius 1 is 1.30 bits per heavy atom. The Morgan fingerprint density at radius 2 is 2.00 bits per heavy atom. The van der Waals surface area contributed by atoms with Gasteiger partial charge in [-0.25, -0.2) is 0 Å². The first-order chi connectivity index (χ1) is 12.9. The van der Waals surface area contributed by atoms with Crippen LogP contribution in [0.3, 0.4) is 0 Å². The van der Waals surface area contributed by atoms with Crippen LogP contribution in [-0.2, 0) is 22.6 Å². The maximum absolute atomic E-state index is 12.2. The van der Waals surface area contributed by atoms with Gasteiger partial charge in [-0.2, -0.15) is 0 Å². The predicted octanol–water partition coefficient (Wildman–Crippen LogP) is 3.64. The van der Waals surface area contributed by atoms with Crippen LogP contribution in [0.25, 0.3) is 0 Å². The van der Waals surface area contributed by atoms with Crippen LogP contribution >= 0.6 is 0 Å². The van der Waals surface area contributed by atoms with Gasteiger partial charge in [0.15, 0.2) is 0 Å². The smallest absolute Gasteiger partial charge is 0.224 e. The molecular formula is C21H32N2O3S. The molecule has 5 nitrogen and oxygen atoms in total. The Balaban J connectivity index is 1.94. The molecule has 0 spiro atoms. The summed E-state index contributed by atoms with van der Waals surface area (Å²) in [6.45, 7) is 8.28. The fourth-order valence-electron chi connectivity index (χ4n) is 4.42. The summed E-state index contributed by atoms with van der Waals surface area (Å²) >= 11 is -0.892. The Hall–Kier alpha value is -1.24. The molecule has 0 aliphatic carbocycles. The van der Waals surface area contributed by atoms with Crippen LogP contribution < -0.4 is 9.64 Å². The molecule has 0 radical (unpaired) electrons. The summed E-state index contributed by atoms with van der Waals surface area (Å²) < 4.78 is 20.1. The van der Waals surface area contributed by atoms with E-state index in [0.717, 1.165) is 56.6 Å². The van der Waals surface area contributed by atoms with Crippen LogP contribution in [0.2, 0.25) is 0 Å². The Kier molecular flexibility index (Phi) is 6.71. The molecular weight excluding hydrogens is 360 g/mol. The highest BCUT2D eigenvalue weighted by molar-refractivity contribution is 7.88. The van der Waals surface area contributed by atoms with Gasteiger partial charge >= 0.3 is 0 Å². The van der Waals surface area contributed by atoms with Crippen LogP contribution in [0.1, 0.15) is 63.5 Å². The standard InChI is InChI=1S/C21H32N2O3S/c1-5-14-26-21-18(17-10-12-22(13-11-17)27(4)25)8-9-20-19(21)7-6-15(2)23(20)16(3)24/h8-9,15,17H,5-7,10-14H2,1-4H3. The molecule has 2 heterocycles. The van der Waals surface area contributed by atoms with Crippen LogP contribution in [-0.4, -0.2) is 46.8 Å². The highest BCUT2D eigenvalue weighted by Gasteiger charge is 2.33. The fraction of sp³-hybridized carbons (Fsp3) is 0.667. The van der Waals surface area contributed by atoms with Crippen LogP contribution in [0.5, 0.6) is 5.75 Å². The van der Waals surface area contributed by atoms with E-state index in [2.05, 4.69) is 26.0 Å². The Morgan fingerprint density at radius 3 is 2.59 bits per heavy atom. The van der Waals surface area contributed by atoms with E-state index in [-0.39, 0.29) is 11.9 Å². The first-order valence-corrected chi connectivity index (χ1v) is 11.6. The molecule has 1 saturated heterocycles. The SMILES string of the molecule is CCCOc1c(C2CCN([S+](C)[O-])CC2)ccc2c1CCC(C)N2C(C)=O. The van der Waals surface area contributed by atoms with E-state index < -0.39 is 11.4 Å². The van der Waals surface area contributed by atoms with Crippen molar-refractivity contribution in [3.05, 3.63) is 23.3 Å². The van der Waals surface area contributed by atoms with Gasteiger partial charge in [-0.3, -0.25) is 4.79 Å². The molecule has 2 unspecified atom stereocenters. The van der Waals surface area contributed by atoms with Crippen molar-refractivity contribution >= 4 is 23.0 Å². The van der Waals surface area contributed by atoms with E-state index in [1.54, 1.807) is 13.2 Å². The zero-order valence-corrected chi connectivity index (χ0v) is 17.8. The van der Waals surface area contributed by atoms with Crippen molar-refractivity contribution in [2.24, 2.45) is 0 Å². The molecule has 1 fully saturated rings. The van der Waals surface area contributed by atoms with E-state index in [1.165, 1.54) is 11.1 Å². The Bertz CT molecular complexity index is 672. The first kappa shape index (κ1) is 20.5. The summed E-state index contributed by atoms with van der Waals surface area (Å²) in [5, 5.41) is 0. The largest absolute Gasteiger partial charge is 0.598 e. The quantitative estimate of drug-likeness (QED) is 0.718. The number of anilines is 1. The maximum Gasteiger partial charge on any atom is 0.224 e. The second-order valence-electron chi connectivity index (χ2n) is 7.73. The number of ether oxygens (including phenoxy) is 1. The average molecular weight is 393 g/mol. The number of benzene rings is 1. The van der Waals surface area contributed by atoms with E-state index in [4.69, 9.17) is 4.74 Å². The van der Waals surface area contributed by atoms with Crippen molar-refractivity contribution in [3.8, 4) is 5.75 Å². The molecule has 0 saturated carbocycles. The summed E-state index contributed by atoms with van der Waals surface area (Å²) in [6.07, 6.45) is 6.62. The van der Waals surface area contributed by atoms with Gasteiger partial charge in [-0.1, -0.05) is 13.0 Å². The second-order valence-corrected chi connectivity index (χ2v) is 9.10. The van der Waals surface area contributed by atoms with E-state index in [9.17, 15) is 9.35 Å². The van der Waals surface area contributed by atoms with Gasteiger partial charge in [0.05, 0.1) is 12.3 Å². The summed E-state index contributed by atoms with van der Waals surface area (Å²) in [4.78, 5) is 14.2. The number of rotatable bonds is 5. The summed E-state index contributed by atoms with van der Waals surface area (Å²) in [5.74, 6) is 1.52.